The number of alkyl halides is 3. The normalized spacial score (nSPS) is 12.3. The molecule has 0 fully saturated rings. The highest BCUT2D eigenvalue weighted by atomic mass is 19.4. The van der Waals surface area contributed by atoms with Crippen molar-refractivity contribution < 1.29 is 27.4 Å². The first-order valence-corrected chi connectivity index (χ1v) is 13.4. The number of pyridine rings is 1. The van der Waals surface area contributed by atoms with E-state index in [0.717, 1.165) is 28.8 Å². The van der Waals surface area contributed by atoms with Crippen molar-refractivity contribution in [1.29, 1.82) is 0 Å². The van der Waals surface area contributed by atoms with Gasteiger partial charge < -0.3 is 9.47 Å². The highest BCUT2D eigenvalue weighted by Gasteiger charge is 2.47. The van der Waals surface area contributed by atoms with Crippen LogP contribution in [0.2, 0.25) is 0 Å². The predicted molar refractivity (Wildman–Crippen MR) is 144 cm³/mol. The van der Waals surface area contributed by atoms with Gasteiger partial charge in [0.2, 0.25) is 0 Å². The molecule has 1 aromatic heterocycles. The van der Waals surface area contributed by atoms with E-state index >= 15 is 0 Å². The molecule has 0 N–H and O–H groups in total. The Balaban J connectivity index is 1.56. The summed E-state index contributed by atoms with van der Waals surface area (Å²) in [5.41, 5.74) is 4.87. The molecule has 0 amide bonds. The lowest BCUT2D eigenvalue weighted by molar-refractivity contribution is -0.225. The van der Waals surface area contributed by atoms with E-state index in [-0.39, 0.29) is 12.4 Å². The van der Waals surface area contributed by atoms with Crippen LogP contribution in [0.4, 0.5) is 13.2 Å². The second-order valence-electron chi connectivity index (χ2n) is 9.38. The first kappa shape index (κ1) is 29.4. The maximum absolute atomic E-state index is 13.1. The quantitative estimate of drug-likeness (QED) is 0.120. The minimum Gasteiger partial charge on any atom is -0.424 e. The molecular formula is C31H36F3NO3. The molecule has 0 aliphatic carbocycles. The second kappa shape index (κ2) is 14.7. The van der Waals surface area contributed by atoms with E-state index in [1.165, 1.54) is 56.2 Å². The van der Waals surface area contributed by atoms with Crippen LogP contribution in [0.1, 0.15) is 64.4 Å². The van der Waals surface area contributed by atoms with Crippen LogP contribution in [-0.4, -0.2) is 29.8 Å². The zero-order valence-corrected chi connectivity index (χ0v) is 22.1. The van der Waals surface area contributed by atoms with Gasteiger partial charge in [0, 0.05) is 23.9 Å². The number of carbonyl (C=O) groups is 1. The first-order chi connectivity index (χ1) is 18.3. The van der Waals surface area contributed by atoms with E-state index < -0.39 is 18.2 Å². The molecule has 3 rings (SSSR count). The van der Waals surface area contributed by atoms with Gasteiger partial charge in [-0.1, -0.05) is 88.4 Å². The van der Waals surface area contributed by atoms with Crippen LogP contribution in [0.25, 0.3) is 22.4 Å². The van der Waals surface area contributed by atoms with Gasteiger partial charge in [-0.3, -0.25) is 4.98 Å². The fourth-order valence-electron chi connectivity index (χ4n) is 4.10. The lowest BCUT2D eigenvalue weighted by Crippen LogP contribution is -2.41. The number of unbranched alkanes of at least 4 members (excludes halogenated alkanes) is 5. The number of esters is 1. The zero-order valence-electron chi connectivity index (χ0n) is 22.1. The molecule has 0 aliphatic heterocycles. The van der Waals surface area contributed by atoms with Gasteiger partial charge in [0.25, 0.3) is 6.10 Å². The average molecular weight is 528 g/mol. The summed E-state index contributed by atoms with van der Waals surface area (Å²) < 4.78 is 49.0. The van der Waals surface area contributed by atoms with Crippen LogP contribution in [0, 0.1) is 0 Å². The summed E-state index contributed by atoms with van der Waals surface area (Å²) in [4.78, 5) is 16.6. The van der Waals surface area contributed by atoms with Crippen molar-refractivity contribution >= 4 is 5.97 Å². The largest absolute Gasteiger partial charge is 0.425 e. The summed E-state index contributed by atoms with van der Waals surface area (Å²) in [6.07, 6.45) is 3.45. The third kappa shape index (κ3) is 8.98. The summed E-state index contributed by atoms with van der Waals surface area (Å²) in [5.74, 6) is -1.47. The van der Waals surface area contributed by atoms with Crippen LogP contribution < -0.4 is 4.74 Å². The van der Waals surface area contributed by atoms with E-state index in [1.54, 1.807) is 25.3 Å². The number of hydrogen-bond donors (Lipinski definition) is 0. The van der Waals surface area contributed by atoms with Gasteiger partial charge in [-0.25, -0.2) is 4.79 Å². The third-order valence-corrected chi connectivity index (χ3v) is 6.24. The van der Waals surface area contributed by atoms with Gasteiger partial charge in [-0.15, -0.1) is 0 Å². The minimum atomic E-state index is -4.84. The number of aromatic nitrogens is 1. The lowest BCUT2D eigenvalue weighted by atomic mass is 10.0. The van der Waals surface area contributed by atoms with Crippen molar-refractivity contribution in [2.45, 2.75) is 77.5 Å². The summed E-state index contributed by atoms with van der Waals surface area (Å²) in [7, 11) is 0. The van der Waals surface area contributed by atoms with Crippen molar-refractivity contribution in [2.24, 2.45) is 0 Å². The Morgan fingerprint density at radius 3 is 2.03 bits per heavy atom. The molecular weight excluding hydrogens is 491 g/mol. The van der Waals surface area contributed by atoms with Crippen molar-refractivity contribution in [3.63, 3.8) is 0 Å². The van der Waals surface area contributed by atoms with Gasteiger partial charge in [0.1, 0.15) is 5.75 Å². The monoisotopic (exact) mass is 527 g/mol. The fraction of sp³-hybridized carbons (Fsp3) is 0.419. The molecule has 7 heteroatoms. The number of hydrogen-bond acceptors (Lipinski definition) is 4. The Morgan fingerprint density at radius 2 is 1.42 bits per heavy atom. The Kier molecular flexibility index (Phi) is 11.3. The molecule has 4 nitrogen and oxygen atoms in total. The number of nitrogens with zero attached hydrogens (tertiary/aromatic N) is 1. The third-order valence-electron chi connectivity index (χ3n) is 6.24. The molecule has 0 spiro atoms. The Bertz CT molecular complexity index is 1110. The van der Waals surface area contributed by atoms with Crippen molar-refractivity contribution in [3.8, 4) is 28.1 Å². The smallest absolute Gasteiger partial charge is 0.424 e. The summed E-state index contributed by atoms with van der Waals surface area (Å²) in [5, 5.41) is 0. The molecule has 0 aliphatic rings. The highest BCUT2D eigenvalue weighted by Crippen LogP contribution is 2.28. The summed E-state index contributed by atoms with van der Waals surface area (Å²) in [6, 6.07) is 18.6. The van der Waals surface area contributed by atoms with Crippen LogP contribution in [0.3, 0.4) is 0 Å². The first-order valence-electron chi connectivity index (χ1n) is 13.4. The zero-order chi connectivity index (χ0) is 27.4. The van der Waals surface area contributed by atoms with E-state index in [0.29, 0.717) is 6.42 Å². The Labute approximate surface area is 223 Å². The van der Waals surface area contributed by atoms with Crippen molar-refractivity contribution in [3.05, 3.63) is 72.4 Å². The molecule has 204 valence electrons. The van der Waals surface area contributed by atoms with Crippen LogP contribution in [0.15, 0.2) is 66.9 Å². The van der Waals surface area contributed by atoms with Gasteiger partial charge in [0.05, 0.1) is 5.69 Å². The van der Waals surface area contributed by atoms with Crippen molar-refractivity contribution in [1.82, 2.24) is 4.98 Å². The SMILES string of the molecule is CCCCCCCCc1ccc(-c2ccc(-c3ccc(OC(=O)C(OCCC)C(F)(F)F)cc3)cn2)cc1. The van der Waals surface area contributed by atoms with Crippen LogP contribution in [0.5, 0.6) is 5.75 Å². The second-order valence-corrected chi connectivity index (χ2v) is 9.38. The molecule has 0 saturated heterocycles. The van der Waals surface area contributed by atoms with Crippen LogP contribution in [-0.2, 0) is 16.0 Å². The Hall–Kier alpha value is -3.19. The van der Waals surface area contributed by atoms with E-state index in [1.807, 2.05) is 12.1 Å². The molecule has 3 aromatic rings. The number of ether oxygens (including phenoxy) is 2. The summed E-state index contributed by atoms with van der Waals surface area (Å²) in [6.45, 7) is 3.70. The minimum absolute atomic E-state index is 0.0127. The average Bonchev–Trinajstić information content (AvgIpc) is 2.91. The maximum Gasteiger partial charge on any atom is 0.425 e. The highest BCUT2D eigenvalue weighted by molar-refractivity contribution is 5.78. The Morgan fingerprint density at radius 1 is 0.789 bits per heavy atom. The number of benzene rings is 2. The van der Waals surface area contributed by atoms with Gasteiger partial charge in [-0.05, 0) is 48.6 Å². The fourth-order valence-corrected chi connectivity index (χ4v) is 4.10. The van der Waals surface area contributed by atoms with E-state index in [4.69, 9.17) is 4.74 Å². The van der Waals surface area contributed by atoms with E-state index in [2.05, 4.69) is 40.9 Å². The molecule has 1 atom stereocenters. The maximum atomic E-state index is 13.1. The molecule has 1 heterocycles. The molecule has 2 aromatic carbocycles. The van der Waals surface area contributed by atoms with Gasteiger partial charge in [-0.2, -0.15) is 13.2 Å². The molecule has 38 heavy (non-hydrogen) atoms. The molecule has 0 saturated carbocycles. The van der Waals surface area contributed by atoms with Gasteiger partial charge in [0.15, 0.2) is 0 Å². The standard InChI is InChI=1S/C31H36F3NO3/c1-3-5-6-7-8-9-10-23-11-13-25(14-12-23)28-20-17-26(22-35-28)24-15-18-27(19-16-24)38-30(36)29(31(32,33)34)37-21-4-2/h11-20,22,29H,3-10,21H2,1-2H3. The number of rotatable bonds is 14. The lowest BCUT2D eigenvalue weighted by Gasteiger charge is -2.19. The predicted octanol–water partition coefficient (Wildman–Crippen LogP) is 8.58. The van der Waals surface area contributed by atoms with Crippen molar-refractivity contribution in [2.75, 3.05) is 6.61 Å². The summed E-state index contributed by atoms with van der Waals surface area (Å²) >= 11 is 0. The van der Waals surface area contributed by atoms with Crippen LogP contribution >= 0.6 is 0 Å². The number of aryl methyl sites for hydroxylation is 1. The topological polar surface area (TPSA) is 48.4 Å². The van der Waals surface area contributed by atoms with Gasteiger partial charge >= 0.3 is 12.1 Å². The molecule has 1 unspecified atom stereocenters. The number of carbonyl (C=O) groups excluding carboxylic acids is 1. The molecule has 0 radical (unpaired) electrons. The number of halogens is 3. The van der Waals surface area contributed by atoms with E-state index in [9.17, 15) is 18.0 Å². The molecule has 0 bridgehead atoms.